The first-order valence-corrected chi connectivity index (χ1v) is 12.6. The Labute approximate surface area is 205 Å². The molecule has 0 saturated heterocycles. The van der Waals surface area contributed by atoms with Gasteiger partial charge in [0.05, 0.1) is 19.5 Å². The molecule has 3 aromatic rings. The number of hydrogen-bond donors (Lipinski definition) is 1. The van der Waals surface area contributed by atoms with E-state index >= 15 is 0 Å². The average molecular weight is 481 g/mol. The van der Waals surface area contributed by atoms with E-state index in [0.717, 1.165) is 46.4 Å². The fraction of sp³-hybridized carbons (Fsp3) is 0.423. The number of amides is 1. The van der Waals surface area contributed by atoms with Gasteiger partial charge in [0.2, 0.25) is 5.91 Å². The Morgan fingerprint density at radius 2 is 1.62 bits per heavy atom. The van der Waals surface area contributed by atoms with Crippen molar-refractivity contribution < 1.29 is 14.3 Å². The molecule has 1 atom stereocenters. The molecule has 7 nitrogen and oxygen atoms in total. The molecule has 1 unspecified atom stereocenters. The number of rotatable bonds is 9. The van der Waals surface area contributed by atoms with Crippen molar-refractivity contribution in [2.24, 2.45) is 0 Å². The van der Waals surface area contributed by atoms with Gasteiger partial charge in [0.15, 0.2) is 11.0 Å². The van der Waals surface area contributed by atoms with Gasteiger partial charge in [-0.15, -0.1) is 10.2 Å². The van der Waals surface area contributed by atoms with Gasteiger partial charge in [-0.05, 0) is 61.7 Å². The fourth-order valence-electron chi connectivity index (χ4n) is 4.25. The molecule has 180 valence electrons. The van der Waals surface area contributed by atoms with Crippen LogP contribution in [0.5, 0.6) is 11.5 Å². The molecule has 0 radical (unpaired) electrons. The number of benzene rings is 2. The second-order valence-corrected chi connectivity index (χ2v) is 9.83. The summed E-state index contributed by atoms with van der Waals surface area (Å²) in [6.45, 7) is 2.39. The molecule has 1 aliphatic rings. The lowest BCUT2D eigenvalue weighted by Crippen LogP contribution is -2.30. The number of carbonyl (C=O) groups excluding carboxylic acids is 1. The number of methoxy groups -OCH3 is 2. The molecule has 0 aliphatic heterocycles. The molecular formula is C26H32N4O3S. The summed E-state index contributed by atoms with van der Waals surface area (Å²) in [6.07, 6.45) is 5.88. The summed E-state index contributed by atoms with van der Waals surface area (Å²) >= 11 is 1.47. The molecule has 2 aromatic carbocycles. The van der Waals surface area contributed by atoms with E-state index in [9.17, 15) is 4.79 Å². The minimum atomic E-state index is -0.298. The zero-order valence-electron chi connectivity index (χ0n) is 20.0. The van der Waals surface area contributed by atoms with E-state index in [0.29, 0.717) is 12.6 Å². The first kappa shape index (κ1) is 24.1. The summed E-state index contributed by atoms with van der Waals surface area (Å²) < 4.78 is 12.7. The topological polar surface area (TPSA) is 78.3 Å². The Kier molecular flexibility index (Phi) is 8.11. The van der Waals surface area contributed by atoms with Crippen LogP contribution >= 0.6 is 11.8 Å². The predicted octanol–water partition coefficient (Wildman–Crippen LogP) is 5.26. The molecule has 1 heterocycles. The van der Waals surface area contributed by atoms with E-state index in [-0.39, 0.29) is 11.2 Å². The van der Waals surface area contributed by atoms with Crippen molar-refractivity contribution in [3.8, 4) is 22.9 Å². The van der Waals surface area contributed by atoms with E-state index in [1.165, 1.54) is 31.0 Å². The minimum Gasteiger partial charge on any atom is -0.497 e. The monoisotopic (exact) mass is 480 g/mol. The van der Waals surface area contributed by atoms with Gasteiger partial charge in [0, 0.05) is 18.2 Å². The number of nitrogens with one attached hydrogen (secondary N) is 1. The van der Waals surface area contributed by atoms with Gasteiger partial charge < -0.3 is 14.8 Å². The number of hydrogen-bond acceptors (Lipinski definition) is 6. The Morgan fingerprint density at radius 1 is 1.00 bits per heavy atom. The Hall–Kier alpha value is -3.00. The minimum absolute atomic E-state index is 0.0231. The van der Waals surface area contributed by atoms with Gasteiger partial charge in [-0.2, -0.15) is 0 Å². The molecule has 1 amide bonds. The van der Waals surface area contributed by atoms with E-state index in [1.54, 1.807) is 14.2 Å². The SMILES string of the molecule is COc1ccc(CNC(=O)C(C)Sc2nnc(-c3ccc(OC)cc3)n2C2CCCCC2)cc1. The van der Waals surface area contributed by atoms with Crippen LogP contribution in [0.15, 0.2) is 53.7 Å². The van der Waals surface area contributed by atoms with Crippen molar-refractivity contribution in [1.29, 1.82) is 0 Å². The van der Waals surface area contributed by atoms with Crippen LogP contribution in [0.4, 0.5) is 0 Å². The van der Waals surface area contributed by atoms with E-state index in [1.807, 2.05) is 55.5 Å². The molecule has 1 fully saturated rings. The molecule has 0 spiro atoms. The van der Waals surface area contributed by atoms with Crippen LogP contribution in [0.3, 0.4) is 0 Å². The summed E-state index contributed by atoms with van der Waals surface area (Å²) in [5, 5.41) is 12.6. The van der Waals surface area contributed by atoms with Gasteiger partial charge in [-0.25, -0.2) is 0 Å². The first-order chi connectivity index (χ1) is 16.6. The van der Waals surface area contributed by atoms with Crippen molar-refractivity contribution in [2.45, 2.75) is 62.0 Å². The Morgan fingerprint density at radius 3 is 2.24 bits per heavy atom. The van der Waals surface area contributed by atoms with Crippen LogP contribution in [-0.2, 0) is 11.3 Å². The molecule has 0 bridgehead atoms. The first-order valence-electron chi connectivity index (χ1n) is 11.8. The predicted molar refractivity (Wildman–Crippen MR) is 134 cm³/mol. The second kappa shape index (κ2) is 11.4. The maximum absolute atomic E-state index is 12.9. The van der Waals surface area contributed by atoms with Crippen LogP contribution in [-0.4, -0.2) is 40.1 Å². The number of aromatic nitrogens is 3. The van der Waals surface area contributed by atoms with Crippen molar-refractivity contribution in [3.05, 3.63) is 54.1 Å². The van der Waals surface area contributed by atoms with E-state index < -0.39 is 0 Å². The summed E-state index contributed by atoms with van der Waals surface area (Å²) in [5.74, 6) is 2.44. The van der Waals surface area contributed by atoms with Gasteiger partial charge in [0.1, 0.15) is 11.5 Å². The normalized spacial score (nSPS) is 15.0. The highest BCUT2D eigenvalue weighted by Crippen LogP contribution is 2.37. The van der Waals surface area contributed by atoms with Crippen molar-refractivity contribution in [2.75, 3.05) is 14.2 Å². The third kappa shape index (κ3) is 5.73. The third-order valence-electron chi connectivity index (χ3n) is 6.23. The highest BCUT2D eigenvalue weighted by Gasteiger charge is 2.26. The lowest BCUT2D eigenvalue weighted by atomic mass is 9.95. The Balaban J connectivity index is 1.49. The molecule has 1 saturated carbocycles. The summed E-state index contributed by atoms with van der Waals surface area (Å²) in [4.78, 5) is 12.9. The van der Waals surface area contributed by atoms with Crippen molar-refractivity contribution in [1.82, 2.24) is 20.1 Å². The summed E-state index contributed by atoms with van der Waals surface area (Å²) in [5.41, 5.74) is 2.03. The quantitative estimate of drug-likeness (QED) is 0.421. The van der Waals surface area contributed by atoms with Crippen LogP contribution < -0.4 is 14.8 Å². The van der Waals surface area contributed by atoms with Gasteiger partial charge in [-0.3, -0.25) is 9.36 Å². The maximum Gasteiger partial charge on any atom is 0.233 e. The maximum atomic E-state index is 12.9. The molecule has 1 aliphatic carbocycles. The largest absolute Gasteiger partial charge is 0.497 e. The highest BCUT2D eigenvalue weighted by atomic mass is 32.2. The van der Waals surface area contributed by atoms with E-state index in [4.69, 9.17) is 9.47 Å². The molecule has 4 rings (SSSR count). The summed E-state index contributed by atoms with van der Waals surface area (Å²) in [7, 11) is 3.30. The van der Waals surface area contributed by atoms with Gasteiger partial charge >= 0.3 is 0 Å². The zero-order chi connectivity index (χ0) is 23.9. The van der Waals surface area contributed by atoms with Crippen molar-refractivity contribution in [3.63, 3.8) is 0 Å². The standard InChI is InChI=1S/C26H32N4O3S/c1-18(25(31)27-17-19-9-13-22(32-2)14-10-19)34-26-29-28-24(20-11-15-23(33-3)16-12-20)30(26)21-7-5-4-6-8-21/h9-16,18,21H,4-8,17H2,1-3H3,(H,27,31). The molecule has 1 N–H and O–H groups in total. The highest BCUT2D eigenvalue weighted by molar-refractivity contribution is 8.00. The molecule has 34 heavy (non-hydrogen) atoms. The lowest BCUT2D eigenvalue weighted by Gasteiger charge is -2.26. The number of ether oxygens (including phenoxy) is 2. The van der Waals surface area contributed by atoms with E-state index in [2.05, 4.69) is 20.1 Å². The fourth-order valence-corrected chi connectivity index (χ4v) is 5.19. The summed E-state index contributed by atoms with van der Waals surface area (Å²) in [6, 6.07) is 16.0. The van der Waals surface area contributed by atoms with Crippen LogP contribution in [0.25, 0.3) is 11.4 Å². The molecular weight excluding hydrogens is 448 g/mol. The van der Waals surface area contributed by atoms with Crippen LogP contribution in [0, 0.1) is 0 Å². The number of nitrogens with zero attached hydrogens (tertiary/aromatic N) is 3. The smallest absolute Gasteiger partial charge is 0.233 e. The number of thioether (sulfide) groups is 1. The van der Waals surface area contributed by atoms with Crippen LogP contribution in [0.2, 0.25) is 0 Å². The lowest BCUT2D eigenvalue weighted by molar-refractivity contribution is -0.120. The number of carbonyl (C=O) groups is 1. The second-order valence-electron chi connectivity index (χ2n) is 8.52. The molecule has 1 aromatic heterocycles. The third-order valence-corrected chi connectivity index (χ3v) is 7.29. The van der Waals surface area contributed by atoms with Crippen molar-refractivity contribution >= 4 is 17.7 Å². The Bertz CT molecular complexity index is 1080. The zero-order valence-corrected chi connectivity index (χ0v) is 20.8. The molecule has 8 heteroatoms. The average Bonchev–Trinajstić information content (AvgIpc) is 3.31. The van der Waals surface area contributed by atoms with Gasteiger partial charge in [-0.1, -0.05) is 43.2 Å². The van der Waals surface area contributed by atoms with Crippen LogP contribution in [0.1, 0.15) is 50.6 Å². The van der Waals surface area contributed by atoms with Gasteiger partial charge in [0.25, 0.3) is 0 Å².